The summed E-state index contributed by atoms with van der Waals surface area (Å²) in [7, 11) is 0. The van der Waals surface area contributed by atoms with Crippen LogP contribution < -0.4 is 41.8 Å². The maximum atomic E-state index is 13.4. The molecule has 6 heterocycles. The number of urea groups is 2. The highest BCUT2D eigenvalue weighted by Crippen LogP contribution is 2.37. The fourth-order valence-electron chi connectivity index (χ4n) is 10.7. The molecule has 25 nitrogen and oxygen atoms in total. The molecule has 0 aliphatic carbocycles. The monoisotopic (exact) mass is 1490 g/mol. The molecule has 6 aromatic carbocycles. The molecule has 0 fully saturated rings. The van der Waals surface area contributed by atoms with Crippen molar-refractivity contribution in [2.45, 2.75) is 119 Å². The Morgan fingerprint density at radius 2 is 0.945 bits per heavy atom. The Labute approximate surface area is 638 Å². The molecular weight excluding hydrogens is 1400 g/mol. The molecule has 26 heteroatoms. The van der Waals surface area contributed by atoms with Crippen molar-refractivity contribution in [3.8, 4) is 34.4 Å². The van der Waals surface area contributed by atoms with Crippen LogP contribution in [0.3, 0.4) is 0 Å². The van der Waals surface area contributed by atoms with Crippen LogP contribution in [0.2, 0.25) is 0 Å². The standard InChI is InChI=1S/C38H40N8O3.C35H35N5O4.C6H11N3.C4H5ClO2/c1-26-10-12-28(13-11-26)46-35(24-34(44-46)38(2,3)4)43-37(48)42-32-14-15-33(31-9-6-5-8-30(31)32)49-29-16-18-40-27(22-29)23-36(47)41-17-7-20-45-21-19-39-25-45;1-22(2)43-33(41)20-24-19-26(17-18-36-24)44-30-16-15-29(27-9-7-8-10-28(27)30)37-34(42)38-32-21-31(35(4,5)6)39-40(32)25-13-11-23(3)12-14-25;7-2-1-4-9-5-3-8-6-9;1-3(2)7-4(5)6/h5-6,8-16,18-19,21-22,24-25H,7,17,20,23H2,1-4H3,(H,41,47)(H2,42,43,48);7-19,21H,1,20H2,2-6H3,(H2,37,38,42);3,5-6H,1-2,4,7H2;1H2,2H3. The van der Waals surface area contributed by atoms with Gasteiger partial charge in [-0.05, 0) is 108 Å². The normalized spacial score (nSPS) is 10.9. The van der Waals surface area contributed by atoms with E-state index in [1.165, 1.54) is 0 Å². The van der Waals surface area contributed by atoms with Crippen LogP contribution in [0.25, 0.3) is 32.9 Å². The molecule has 6 aromatic heterocycles. The van der Waals surface area contributed by atoms with E-state index in [1.807, 2.05) is 157 Å². The van der Waals surface area contributed by atoms with Crippen LogP contribution in [0.15, 0.2) is 232 Å². The summed E-state index contributed by atoms with van der Waals surface area (Å²) in [5.74, 6) is 3.46. The maximum absolute atomic E-state index is 13.4. The zero-order chi connectivity index (χ0) is 78.2. The Morgan fingerprint density at radius 1 is 0.514 bits per heavy atom. The summed E-state index contributed by atoms with van der Waals surface area (Å²) in [4.78, 5) is 77.6. The van der Waals surface area contributed by atoms with Gasteiger partial charge in [-0.2, -0.15) is 10.2 Å². The second-order valence-corrected chi connectivity index (χ2v) is 27.8. The van der Waals surface area contributed by atoms with E-state index in [1.54, 1.807) is 97.1 Å². The van der Waals surface area contributed by atoms with Gasteiger partial charge in [0.25, 0.3) is 0 Å². The third kappa shape index (κ3) is 24.4. The lowest BCUT2D eigenvalue weighted by molar-refractivity contribution is -0.138. The van der Waals surface area contributed by atoms with Crippen LogP contribution in [-0.4, -0.2) is 91.1 Å². The van der Waals surface area contributed by atoms with Crippen molar-refractivity contribution in [2.75, 3.05) is 34.4 Å². The molecule has 564 valence electrons. The first-order valence-electron chi connectivity index (χ1n) is 35.2. The number of nitrogens with two attached hydrogens (primary N) is 1. The van der Waals surface area contributed by atoms with Gasteiger partial charge in [0.1, 0.15) is 34.6 Å². The summed E-state index contributed by atoms with van der Waals surface area (Å²) < 4.78 is 29.2. The Kier molecular flexibility index (Phi) is 28.0. The largest absolute Gasteiger partial charge is 0.457 e. The first-order chi connectivity index (χ1) is 52.1. The molecule has 109 heavy (non-hydrogen) atoms. The minimum absolute atomic E-state index is 0.0111. The molecule has 0 bridgehead atoms. The molecule has 0 radical (unpaired) electrons. The molecule has 0 aliphatic rings. The van der Waals surface area contributed by atoms with Gasteiger partial charge in [-0.25, -0.2) is 33.7 Å². The highest BCUT2D eigenvalue weighted by Gasteiger charge is 2.25. The van der Waals surface area contributed by atoms with Gasteiger partial charge in [0, 0.05) is 125 Å². The van der Waals surface area contributed by atoms with Gasteiger partial charge in [0.2, 0.25) is 5.91 Å². The number of amides is 5. The lowest BCUT2D eigenvalue weighted by Crippen LogP contribution is -2.27. The number of esters is 1. The number of carbonyl (C=O) groups excluding carboxylic acids is 5. The average molecular weight is 1490 g/mol. The number of carbonyl (C=O) groups is 5. The fourth-order valence-corrected chi connectivity index (χ4v) is 10.9. The second-order valence-electron chi connectivity index (χ2n) is 27.5. The number of hydrogen-bond donors (Lipinski definition) is 6. The van der Waals surface area contributed by atoms with Crippen molar-refractivity contribution in [1.82, 2.24) is 53.9 Å². The van der Waals surface area contributed by atoms with Gasteiger partial charge in [-0.15, -0.1) is 0 Å². The van der Waals surface area contributed by atoms with Crippen LogP contribution in [0.4, 0.5) is 37.4 Å². The lowest BCUT2D eigenvalue weighted by Gasteiger charge is -2.14. The van der Waals surface area contributed by atoms with Gasteiger partial charge >= 0.3 is 23.5 Å². The first kappa shape index (κ1) is 80.4. The van der Waals surface area contributed by atoms with Crippen LogP contribution in [0, 0.1) is 13.8 Å². The topological polar surface area (TPSA) is 306 Å². The summed E-state index contributed by atoms with van der Waals surface area (Å²) in [6, 6.07) is 48.5. The predicted molar refractivity (Wildman–Crippen MR) is 427 cm³/mol. The molecule has 0 saturated heterocycles. The van der Waals surface area contributed by atoms with E-state index in [0.29, 0.717) is 75.5 Å². The summed E-state index contributed by atoms with van der Waals surface area (Å²) in [6.45, 7) is 29.7. The summed E-state index contributed by atoms with van der Waals surface area (Å²) in [5.41, 5.74) is 12.1. The number of fused-ring (bicyclic) bond motifs is 2. The van der Waals surface area contributed by atoms with Crippen LogP contribution in [0.5, 0.6) is 23.0 Å². The molecule has 12 rings (SSSR count). The third-order valence-corrected chi connectivity index (χ3v) is 16.2. The van der Waals surface area contributed by atoms with Crippen molar-refractivity contribution in [3.05, 3.63) is 266 Å². The third-order valence-electron chi connectivity index (χ3n) is 16.2. The number of aromatic nitrogens is 10. The second kappa shape index (κ2) is 38.0. The Balaban J connectivity index is 0.000000209. The van der Waals surface area contributed by atoms with E-state index in [0.717, 1.165) is 87.9 Å². The molecule has 5 amide bonds. The van der Waals surface area contributed by atoms with Crippen LogP contribution in [-0.2, 0) is 55.8 Å². The smallest absolute Gasteiger partial charge is 0.408 e. The van der Waals surface area contributed by atoms with Crippen molar-refractivity contribution >= 4 is 85.5 Å². The average Bonchev–Trinajstić information content (AvgIpc) is 1.64. The number of allylic oxidation sites excluding steroid dienone is 2. The van der Waals surface area contributed by atoms with Crippen molar-refractivity contribution in [3.63, 3.8) is 0 Å². The highest BCUT2D eigenvalue weighted by molar-refractivity contribution is 6.61. The number of nitrogens with zero attached hydrogens (tertiary/aromatic N) is 10. The number of rotatable bonds is 23. The number of anilines is 4. The number of benzene rings is 6. The molecule has 0 unspecified atom stereocenters. The molecule has 0 saturated carbocycles. The molecule has 7 N–H and O–H groups in total. The number of hydrogen-bond acceptors (Lipinski definition) is 16. The van der Waals surface area contributed by atoms with Gasteiger partial charge < -0.3 is 49.8 Å². The lowest BCUT2D eigenvalue weighted by atomic mass is 9.92. The number of halogens is 1. The van der Waals surface area contributed by atoms with Crippen LogP contribution >= 0.6 is 11.6 Å². The fraction of sp³-hybridized carbons (Fsp3) is 0.241. The van der Waals surface area contributed by atoms with Crippen molar-refractivity contribution in [1.29, 1.82) is 0 Å². The summed E-state index contributed by atoms with van der Waals surface area (Å²) >= 11 is 4.75. The zero-order valence-corrected chi connectivity index (χ0v) is 63.6. The zero-order valence-electron chi connectivity index (χ0n) is 62.8. The van der Waals surface area contributed by atoms with Crippen molar-refractivity contribution < 1.29 is 42.9 Å². The molecule has 0 atom stereocenters. The van der Waals surface area contributed by atoms with Gasteiger partial charge in [-0.3, -0.25) is 30.2 Å². The van der Waals surface area contributed by atoms with E-state index in [2.05, 4.69) is 106 Å². The van der Waals surface area contributed by atoms with E-state index < -0.39 is 23.5 Å². The van der Waals surface area contributed by atoms with E-state index >= 15 is 0 Å². The first-order valence-corrected chi connectivity index (χ1v) is 35.6. The molecular formula is C83H91ClN16O9. The molecule has 12 aromatic rings. The Morgan fingerprint density at radius 3 is 1.34 bits per heavy atom. The summed E-state index contributed by atoms with van der Waals surface area (Å²) in [6.07, 6.45) is 16.1. The Bertz CT molecular complexity index is 5090. The van der Waals surface area contributed by atoms with Gasteiger partial charge in [0.15, 0.2) is 0 Å². The number of pyridine rings is 2. The number of ether oxygens (including phenoxy) is 4. The number of aryl methyl sites for hydroxylation is 4. The Hall–Kier alpha value is -12.7. The van der Waals surface area contributed by atoms with Gasteiger partial charge in [0.05, 0.1) is 82.5 Å². The van der Waals surface area contributed by atoms with Crippen molar-refractivity contribution in [2.24, 2.45) is 5.73 Å². The molecule has 0 aliphatic heterocycles. The van der Waals surface area contributed by atoms with E-state index in [9.17, 15) is 24.0 Å². The predicted octanol–water partition coefficient (Wildman–Crippen LogP) is 17.6. The summed E-state index contributed by atoms with van der Waals surface area (Å²) in [5, 5.41) is 27.8. The van der Waals surface area contributed by atoms with Crippen LogP contribution in [0.1, 0.15) is 102 Å². The van der Waals surface area contributed by atoms with Gasteiger partial charge in [-0.1, -0.05) is 139 Å². The van der Waals surface area contributed by atoms with E-state index in [4.69, 9.17) is 41.7 Å². The number of imidazole rings is 2. The minimum atomic E-state index is -0.840. The maximum Gasteiger partial charge on any atom is 0.408 e. The highest BCUT2D eigenvalue weighted by atomic mass is 35.5. The van der Waals surface area contributed by atoms with E-state index in [-0.39, 0.29) is 29.6 Å². The number of nitrogens with one attached hydrogen (secondary N) is 5. The quantitative estimate of drug-likeness (QED) is 0.0150. The molecule has 0 spiro atoms. The SMILES string of the molecule is C=C(C)OC(=O)Cc1cc(Oc2ccc(NC(=O)Nc3cc(C(C)(C)C)nn3-c3ccc(C)cc3)c3ccccc23)ccn1.C=C(C)OC(=O)Cl.Cc1ccc(-n2nc(C(C)(C)C)cc2NC(=O)Nc2ccc(Oc3ccnc(CC(=O)NCCCn4ccnc4)c3)c3ccccc23)cc1.NCCCn1ccnc1. The minimum Gasteiger partial charge on any atom is -0.457 e.